The van der Waals surface area contributed by atoms with Gasteiger partial charge in [-0.3, -0.25) is 19.3 Å². The van der Waals surface area contributed by atoms with Gasteiger partial charge in [0.25, 0.3) is 0 Å². The van der Waals surface area contributed by atoms with Crippen LogP contribution >= 0.6 is 11.6 Å². The zero-order valence-electron chi connectivity index (χ0n) is 12.1. The Labute approximate surface area is 127 Å². The van der Waals surface area contributed by atoms with Crippen molar-refractivity contribution >= 4 is 34.9 Å². The van der Waals surface area contributed by atoms with Gasteiger partial charge in [-0.15, -0.1) is 0 Å². The third-order valence-electron chi connectivity index (χ3n) is 2.57. The van der Waals surface area contributed by atoms with Crippen molar-refractivity contribution in [1.82, 2.24) is 15.1 Å². The zero-order chi connectivity index (χ0) is 16.2. The lowest BCUT2D eigenvalue weighted by Gasteiger charge is -2.31. The molecule has 0 aromatic heterocycles. The molecule has 118 valence electrons. The third kappa shape index (κ3) is 5.22. The summed E-state index contributed by atoms with van der Waals surface area (Å²) in [5.41, 5.74) is -0.609. The number of piperazine rings is 1. The average Bonchev–Trinajstić information content (AvgIpc) is 2.31. The fourth-order valence-corrected chi connectivity index (χ4v) is 1.82. The summed E-state index contributed by atoms with van der Waals surface area (Å²) in [6, 6.07) is 0. The Balaban J connectivity index is 2.41. The summed E-state index contributed by atoms with van der Waals surface area (Å²) in [5.74, 6) is -1.78. The topological polar surface area (TPSA) is 96.0 Å². The summed E-state index contributed by atoms with van der Waals surface area (Å²) < 4.78 is 5.03. The van der Waals surface area contributed by atoms with E-state index in [-0.39, 0.29) is 26.2 Å². The summed E-state index contributed by atoms with van der Waals surface area (Å²) in [4.78, 5) is 47.6. The van der Waals surface area contributed by atoms with Crippen molar-refractivity contribution < 1.29 is 23.9 Å². The van der Waals surface area contributed by atoms with E-state index in [4.69, 9.17) is 16.3 Å². The van der Waals surface area contributed by atoms with Crippen molar-refractivity contribution in [2.75, 3.05) is 26.2 Å². The summed E-state index contributed by atoms with van der Waals surface area (Å²) in [5, 5.41) is 1.51. The lowest BCUT2D eigenvalue weighted by atomic mass is 10.2. The fourth-order valence-electron chi connectivity index (χ4n) is 1.66. The maximum atomic E-state index is 11.7. The quantitative estimate of drug-likeness (QED) is 0.465. The molecule has 1 heterocycles. The summed E-state index contributed by atoms with van der Waals surface area (Å²) in [6.45, 7) is 5.71. The van der Waals surface area contributed by atoms with Crippen LogP contribution in [0.5, 0.6) is 0 Å². The van der Waals surface area contributed by atoms with Gasteiger partial charge in [-0.1, -0.05) is 0 Å². The summed E-state index contributed by atoms with van der Waals surface area (Å²) in [7, 11) is 0. The molecule has 0 bridgehead atoms. The first kappa shape index (κ1) is 17.2. The van der Waals surface area contributed by atoms with Crippen molar-refractivity contribution in [2.45, 2.75) is 26.4 Å². The van der Waals surface area contributed by atoms with Gasteiger partial charge in [-0.05, 0) is 32.4 Å². The largest absolute Gasteiger partial charge is 0.444 e. The number of nitrogens with one attached hydrogen (secondary N) is 1. The number of carbonyl (C=O) groups is 4. The van der Waals surface area contributed by atoms with Crippen LogP contribution in [-0.4, -0.2) is 64.9 Å². The molecule has 1 fully saturated rings. The van der Waals surface area contributed by atoms with Crippen molar-refractivity contribution in [3.05, 3.63) is 0 Å². The standard InChI is InChI=1S/C12H18ClN3O5/c1-12(2,3)21-11(20)14-4-5-15-6-7-16(10(13)19)9(18)8(15)17/h4-7H2,1-3H3,(H,14,20). The molecule has 8 nitrogen and oxygen atoms in total. The van der Waals surface area contributed by atoms with Crippen molar-refractivity contribution in [1.29, 1.82) is 0 Å². The minimum absolute atomic E-state index is 0.0410. The number of imide groups is 1. The number of ether oxygens (including phenoxy) is 1. The number of hydrogen-bond acceptors (Lipinski definition) is 5. The van der Waals surface area contributed by atoms with E-state index in [2.05, 4.69) is 5.32 Å². The Morgan fingerprint density at radius 1 is 1.24 bits per heavy atom. The van der Waals surface area contributed by atoms with Crippen LogP contribution in [0, 0.1) is 0 Å². The van der Waals surface area contributed by atoms with Crippen LogP contribution in [0.15, 0.2) is 0 Å². The Morgan fingerprint density at radius 3 is 2.38 bits per heavy atom. The molecule has 1 saturated heterocycles. The second kappa shape index (κ2) is 6.75. The molecule has 0 saturated carbocycles. The second-order valence-corrected chi connectivity index (χ2v) is 5.75. The maximum absolute atomic E-state index is 11.7. The maximum Gasteiger partial charge on any atom is 0.407 e. The number of hydrogen-bond donors (Lipinski definition) is 1. The van der Waals surface area contributed by atoms with Gasteiger partial charge in [0.2, 0.25) is 0 Å². The minimum Gasteiger partial charge on any atom is -0.444 e. The summed E-state index contributed by atoms with van der Waals surface area (Å²) >= 11 is 5.19. The van der Waals surface area contributed by atoms with E-state index in [1.807, 2.05) is 0 Å². The molecule has 1 rings (SSSR count). The van der Waals surface area contributed by atoms with Crippen molar-refractivity contribution in [3.63, 3.8) is 0 Å². The Kier molecular flexibility index (Phi) is 5.54. The first-order valence-electron chi connectivity index (χ1n) is 6.39. The highest BCUT2D eigenvalue weighted by atomic mass is 35.5. The predicted molar refractivity (Wildman–Crippen MR) is 73.8 cm³/mol. The van der Waals surface area contributed by atoms with E-state index < -0.39 is 28.9 Å². The zero-order valence-corrected chi connectivity index (χ0v) is 12.9. The molecule has 0 unspecified atom stereocenters. The molecule has 0 atom stereocenters. The number of halogens is 1. The molecule has 1 N–H and O–H groups in total. The van der Waals surface area contributed by atoms with Gasteiger partial charge in [0.1, 0.15) is 5.60 Å². The van der Waals surface area contributed by atoms with Gasteiger partial charge in [0.15, 0.2) is 0 Å². The number of carbonyl (C=O) groups excluding carboxylic acids is 4. The number of rotatable bonds is 3. The van der Waals surface area contributed by atoms with Gasteiger partial charge < -0.3 is 15.0 Å². The van der Waals surface area contributed by atoms with E-state index in [0.717, 1.165) is 0 Å². The van der Waals surface area contributed by atoms with Gasteiger partial charge in [0.05, 0.1) is 0 Å². The third-order valence-corrected chi connectivity index (χ3v) is 2.78. The smallest absolute Gasteiger partial charge is 0.407 e. The number of nitrogens with zero attached hydrogens (tertiary/aromatic N) is 2. The average molecular weight is 320 g/mol. The van der Waals surface area contributed by atoms with Crippen LogP contribution in [0.2, 0.25) is 0 Å². The molecular formula is C12H18ClN3O5. The molecule has 0 aliphatic carbocycles. The lowest BCUT2D eigenvalue weighted by Crippen LogP contribution is -2.56. The SMILES string of the molecule is CC(C)(C)OC(=O)NCCN1CCN(C(=O)Cl)C(=O)C1=O. The predicted octanol–water partition coefficient (Wildman–Crippen LogP) is 0.541. The normalized spacial score (nSPS) is 16.0. The highest BCUT2D eigenvalue weighted by Crippen LogP contribution is 2.08. The molecule has 1 aliphatic rings. The molecule has 21 heavy (non-hydrogen) atoms. The van der Waals surface area contributed by atoms with Gasteiger partial charge in [-0.2, -0.15) is 0 Å². The van der Waals surface area contributed by atoms with E-state index in [1.165, 1.54) is 4.90 Å². The van der Waals surface area contributed by atoms with Gasteiger partial charge >= 0.3 is 23.3 Å². The lowest BCUT2D eigenvalue weighted by molar-refractivity contribution is -0.153. The summed E-state index contributed by atoms with van der Waals surface area (Å²) in [6.07, 6.45) is -0.601. The monoisotopic (exact) mass is 319 g/mol. The first-order valence-corrected chi connectivity index (χ1v) is 6.76. The molecule has 9 heteroatoms. The van der Waals surface area contributed by atoms with Crippen LogP contribution < -0.4 is 5.32 Å². The molecular weight excluding hydrogens is 302 g/mol. The Hall–Kier alpha value is -1.83. The number of amides is 4. The van der Waals surface area contributed by atoms with Crippen molar-refractivity contribution in [2.24, 2.45) is 0 Å². The molecule has 4 amide bonds. The van der Waals surface area contributed by atoms with Crippen molar-refractivity contribution in [3.8, 4) is 0 Å². The van der Waals surface area contributed by atoms with E-state index in [0.29, 0.717) is 4.90 Å². The Morgan fingerprint density at radius 2 is 1.86 bits per heavy atom. The number of alkyl carbamates (subject to hydrolysis) is 1. The van der Waals surface area contributed by atoms with Crippen LogP contribution in [0.3, 0.4) is 0 Å². The minimum atomic E-state index is -0.972. The highest BCUT2D eigenvalue weighted by molar-refractivity contribution is 6.65. The highest BCUT2D eigenvalue weighted by Gasteiger charge is 2.35. The molecule has 1 aliphatic heterocycles. The van der Waals surface area contributed by atoms with Gasteiger partial charge in [0, 0.05) is 26.2 Å². The fraction of sp³-hybridized carbons (Fsp3) is 0.667. The van der Waals surface area contributed by atoms with Crippen LogP contribution in [-0.2, 0) is 14.3 Å². The van der Waals surface area contributed by atoms with E-state index in [9.17, 15) is 19.2 Å². The van der Waals surface area contributed by atoms with E-state index in [1.54, 1.807) is 20.8 Å². The van der Waals surface area contributed by atoms with Crippen LogP contribution in [0.25, 0.3) is 0 Å². The molecule has 0 radical (unpaired) electrons. The molecule has 0 spiro atoms. The van der Waals surface area contributed by atoms with Crippen LogP contribution in [0.1, 0.15) is 20.8 Å². The first-order chi connectivity index (χ1) is 9.61. The molecule has 0 aromatic rings. The second-order valence-electron chi connectivity index (χ2n) is 5.43. The molecule has 0 aromatic carbocycles. The Bertz CT molecular complexity index is 460. The van der Waals surface area contributed by atoms with Crippen LogP contribution in [0.4, 0.5) is 9.59 Å². The van der Waals surface area contributed by atoms with E-state index >= 15 is 0 Å². The van der Waals surface area contributed by atoms with Gasteiger partial charge in [-0.25, -0.2) is 4.79 Å².